The molecule has 2 atom stereocenters. The number of hydrogen-bond donors (Lipinski definition) is 2. The van der Waals surface area contributed by atoms with Crippen molar-refractivity contribution in [3.8, 4) is 0 Å². The molecule has 9 heteroatoms. The molecule has 36 heavy (non-hydrogen) atoms. The summed E-state index contributed by atoms with van der Waals surface area (Å²) in [6, 6.07) is 19.7. The van der Waals surface area contributed by atoms with Gasteiger partial charge in [-0.25, -0.2) is 4.79 Å². The number of aliphatic hydroxyl groups excluding tert-OH is 1. The molecule has 0 bridgehead atoms. The van der Waals surface area contributed by atoms with Gasteiger partial charge in [0.05, 0.1) is 37.7 Å². The van der Waals surface area contributed by atoms with Gasteiger partial charge in [0, 0.05) is 0 Å². The fourth-order valence-corrected chi connectivity index (χ4v) is 8.90. The Morgan fingerprint density at radius 1 is 0.944 bits per heavy atom. The molecular formula is C27H38N4O4Si. The van der Waals surface area contributed by atoms with Crippen molar-refractivity contribution in [1.82, 2.24) is 20.3 Å². The van der Waals surface area contributed by atoms with Crippen molar-refractivity contribution >= 4 is 24.8 Å². The average Bonchev–Trinajstić information content (AvgIpc) is 3.31. The minimum atomic E-state index is -2.86. The molecule has 3 rings (SSSR count). The number of aliphatic hydroxyl groups is 1. The van der Waals surface area contributed by atoms with E-state index in [2.05, 4.69) is 60.6 Å². The van der Waals surface area contributed by atoms with E-state index in [0.29, 0.717) is 0 Å². The zero-order chi connectivity index (χ0) is 26.4. The predicted molar refractivity (Wildman–Crippen MR) is 143 cm³/mol. The van der Waals surface area contributed by atoms with Gasteiger partial charge in [0.2, 0.25) is 0 Å². The Labute approximate surface area is 214 Å². The molecule has 1 aromatic heterocycles. The topological polar surface area (TPSA) is 98.5 Å². The van der Waals surface area contributed by atoms with Crippen LogP contribution in [0.5, 0.6) is 0 Å². The quantitative estimate of drug-likeness (QED) is 0.429. The first-order chi connectivity index (χ1) is 16.9. The molecule has 0 radical (unpaired) electrons. The molecule has 0 fully saturated rings. The van der Waals surface area contributed by atoms with Crippen molar-refractivity contribution < 1.29 is 19.1 Å². The summed E-state index contributed by atoms with van der Waals surface area (Å²) in [5.41, 5.74) is -0.672. The van der Waals surface area contributed by atoms with Gasteiger partial charge in [-0.15, -0.1) is 0 Å². The second-order valence-electron chi connectivity index (χ2n) is 10.9. The number of benzene rings is 2. The Morgan fingerprint density at radius 3 is 1.89 bits per heavy atom. The maximum atomic E-state index is 12.6. The fourth-order valence-electron chi connectivity index (χ4n) is 4.32. The minimum absolute atomic E-state index is 0.00894. The summed E-state index contributed by atoms with van der Waals surface area (Å²) in [5.74, 6) is 0. The predicted octanol–water partition coefficient (Wildman–Crippen LogP) is 3.11. The highest BCUT2D eigenvalue weighted by Crippen LogP contribution is 2.36. The van der Waals surface area contributed by atoms with E-state index in [-0.39, 0.29) is 18.2 Å². The standard InChI is InChI=1S/C27H38N4O4Si/c1-26(2,3)35-25(33)30-23(19-31-28-17-18-29-31)24(32)20-34-36(27(4,5)6,21-13-9-7-10-14-21)22-15-11-8-12-16-22/h7-18,23-24,32H,19-20H2,1-6H3,(H,30,33)/t23-,24-/m1/s1. The minimum Gasteiger partial charge on any atom is -0.444 e. The van der Waals surface area contributed by atoms with E-state index in [1.807, 2.05) is 36.4 Å². The van der Waals surface area contributed by atoms with Crippen molar-refractivity contribution in [2.24, 2.45) is 0 Å². The van der Waals surface area contributed by atoms with Gasteiger partial charge in [0.25, 0.3) is 8.32 Å². The van der Waals surface area contributed by atoms with Gasteiger partial charge in [-0.1, -0.05) is 81.4 Å². The lowest BCUT2D eigenvalue weighted by Crippen LogP contribution is -2.67. The van der Waals surface area contributed by atoms with Gasteiger partial charge in [-0.3, -0.25) is 0 Å². The van der Waals surface area contributed by atoms with Crippen molar-refractivity contribution in [1.29, 1.82) is 0 Å². The maximum absolute atomic E-state index is 12.6. The lowest BCUT2D eigenvalue weighted by atomic mass is 10.1. The lowest BCUT2D eigenvalue weighted by Gasteiger charge is -2.43. The van der Waals surface area contributed by atoms with Crippen LogP contribution in [-0.2, 0) is 15.7 Å². The summed E-state index contributed by atoms with van der Waals surface area (Å²) in [4.78, 5) is 14.0. The van der Waals surface area contributed by atoms with E-state index in [1.165, 1.54) is 4.80 Å². The van der Waals surface area contributed by atoms with Crippen LogP contribution in [-0.4, -0.2) is 58.9 Å². The molecule has 8 nitrogen and oxygen atoms in total. The smallest absolute Gasteiger partial charge is 0.408 e. The molecule has 2 N–H and O–H groups in total. The number of carbonyl (C=O) groups is 1. The van der Waals surface area contributed by atoms with Crippen LogP contribution in [0.2, 0.25) is 5.04 Å². The summed E-state index contributed by atoms with van der Waals surface area (Å²) < 4.78 is 12.3. The average molecular weight is 511 g/mol. The molecule has 2 aromatic carbocycles. The summed E-state index contributed by atoms with van der Waals surface area (Å²) in [7, 11) is -2.86. The summed E-state index contributed by atoms with van der Waals surface area (Å²) >= 11 is 0. The molecule has 0 saturated carbocycles. The van der Waals surface area contributed by atoms with Crippen LogP contribution in [0, 0.1) is 0 Å². The van der Waals surface area contributed by atoms with E-state index in [0.717, 1.165) is 10.4 Å². The fraction of sp³-hybridized carbons (Fsp3) is 0.444. The van der Waals surface area contributed by atoms with Crippen molar-refractivity contribution in [2.75, 3.05) is 6.61 Å². The first kappa shape index (κ1) is 27.6. The van der Waals surface area contributed by atoms with E-state index in [4.69, 9.17) is 9.16 Å². The number of amides is 1. The highest BCUT2D eigenvalue weighted by atomic mass is 28.4. The Bertz CT molecular complexity index is 1040. The number of carbonyl (C=O) groups excluding carboxylic acids is 1. The lowest BCUT2D eigenvalue weighted by molar-refractivity contribution is 0.0299. The van der Waals surface area contributed by atoms with Crippen LogP contribution in [0.3, 0.4) is 0 Å². The Kier molecular flexibility index (Phi) is 8.70. The summed E-state index contributed by atoms with van der Waals surface area (Å²) in [6.07, 6.45) is 1.44. The van der Waals surface area contributed by atoms with Gasteiger partial charge < -0.3 is 19.6 Å². The largest absolute Gasteiger partial charge is 0.444 e. The Hall–Kier alpha value is -3.01. The van der Waals surface area contributed by atoms with Gasteiger partial charge in [-0.05, 0) is 36.2 Å². The van der Waals surface area contributed by atoms with Gasteiger partial charge in [-0.2, -0.15) is 15.0 Å². The molecule has 0 saturated heterocycles. The van der Waals surface area contributed by atoms with Gasteiger partial charge >= 0.3 is 6.09 Å². The van der Waals surface area contributed by atoms with E-state index >= 15 is 0 Å². The monoisotopic (exact) mass is 510 g/mol. The van der Waals surface area contributed by atoms with Crippen LogP contribution in [0.1, 0.15) is 41.5 Å². The van der Waals surface area contributed by atoms with E-state index in [9.17, 15) is 9.90 Å². The first-order valence-corrected chi connectivity index (χ1v) is 14.1. The number of alkyl carbamates (subject to hydrolysis) is 1. The van der Waals surface area contributed by atoms with Crippen molar-refractivity contribution in [2.45, 2.75) is 70.9 Å². The molecule has 3 aromatic rings. The maximum Gasteiger partial charge on any atom is 0.408 e. The van der Waals surface area contributed by atoms with Crippen LogP contribution >= 0.6 is 0 Å². The third kappa shape index (κ3) is 6.81. The van der Waals surface area contributed by atoms with E-state index < -0.39 is 32.2 Å². The molecule has 1 amide bonds. The molecule has 0 aliphatic rings. The number of hydrogen-bond acceptors (Lipinski definition) is 6. The molecule has 0 aliphatic heterocycles. The third-order valence-corrected chi connectivity index (χ3v) is 10.9. The first-order valence-electron chi connectivity index (χ1n) is 12.2. The van der Waals surface area contributed by atoms with Crippen molar-refractivity contribution in [3.63, 3.8) is 0 Å². The zero-order valence-corrected chi connectivity index (χ0v) is 23.0. The third-order valence-electron chi connectivity index (χ3n) is 5.88. The summed E-state index contributed by atoms with van der Waals surface area (Å²) in [6.45, 7) is 12.1. The number of nitrogens with zero attached hydrogens (tertiary/aromatic N) is 3. The van der Waals surface area contributed by atoms with Crippen LogP contribution < -0.4 is 15.7 Å². The zero-order valence-electron chi connectivity index (χ0n) is 22.0. The second-order valence-corrected chi connectivity index (χ2v) is 15.2. The SMILES string of the molecule is CC(C)(C)OC(=O)N[C@H](Cn1nccn1)[C@H](O)CO[Si](c1ccccc1)(c1ccccc1)C(C)(C)C. The summed E-state index contributed by atoms with van der Waals surface area (Å²) in [5, 5.41) is 24.4. The highest BCUT2D eigenvalue weighted by Gasteiger charge is 2.50. The van der Waals surface area contributed by atoms with E-state index in [1.54, 1.807) is 33.2 Å². The molecule has 0 aliphatic carbocycles. The van der Waals surface area contributed by atoms with Crippen LogP contribution in [0.25, 0.3) is 0 Å². The number of ether oxygens (including phenoxy) is 1. The van der Waals surface area contributed by atoms with Gasteiger partial charge in [0.1, 0.15) is 5.60 Å². The molecule has 194 valence electrons. The second kappa shape index (κ2) is 11.4. The molecule has 0 spiro atoms. The van der Waals surface area contributed by atoms with Gasteiger partial charge in [0.15, 0.2) is 0 Å². The normalized spacial score (nSPS) is 14.2. The highest BCUT2D eigenvalue weighted by molar-refractivity contribution is 6.99. The van der Waals surface area contributed by atoms with Crippen LogP contribution in [0.4, 0.5) is 4.79 Å². The number of aromatic nitrogens is 3. The Balaban J connectivity index is 1.92. The number of nitrogens with one attached hydrogen (secondary N) is 1. The van der Waals surface area contributed by atoms with Crippen molar-refractivity contribution in [3.05, 3.63) is 73.1 Å². The number of rotatable bonds is 9. The van der Waals surface area contributed by atoms with Crippen LogP contribution in [0.15, 0.2) is 73.1 Å². The molecule has 0 unspecified atom stereocenters. The molecular weight excluding hydrogens is 472 g/mol. The Morgan fingerprint density at radius 2 is 1.44 bits per heavy atom. The molecule has 1 heterocycles.